The summed E-state index contributed by atoms with van der Waals surface area (Å²) in [5.74, 6) is -0.439. The average Bonchev–Trinajstić information content (AvgIpc) is 3.44. The zero-order valence-corrected chi connectivity index (χ0v) is 18.3. The number of carbonyl (C=O) groups excluding carboxylic acids is 1. The minimum atomic E-state index is -4.90. The molecule has 0 aliphatic carbocycles. The van der Waals surface area contributed by atoms with Crippen LogP contribution in [-0.4, -0.2) is 27.3 Å². The Bertz CT molecular complexity index is 1520. The smallest absolute Gasteiger partial charge is 0.433 e. The normalized spacial score (nSPS) is 13.3. The summed E-state index contributed by atoms with van der Waals surface area (Å²) in [6.07, 6.45) is -9.75. The fourth-order valence-electron chi connectivity index (χ4n) is 3.54. The second kappa shape index (κ2) is 8.29. The van der Waals surface area contributed by atoms with Gasteiger partial charge in [0.25, 0.3) is 5.91 Å². The van der Waals surface area contributed by atoms with Gasteiger partial charge in [0.05, 0.1) is 16.9 Å². The summed E-state index contributed by atoms with van der Waals surface area (Å²) in [7, 11) is 0. The molecule has 0 unspecified atom stereocenters. The monoisotopic (exact) mass is 528 g/mol. The van der Waals surface area contributed by atoms with Crippen LogP contribution in [0.5, 0.6) is 11.5 Å². The number of nitrogens with zero attached hydrogens (tertiary/aromatic N) is 3. The van der Waals surface area contributed by atoms with E-state index in [4.69, 9.17) is 21.1 Å². The molecule has 1 amide bonds. The van der Waals surface area contributed by atoms with Crippen molar-refractivity contribution in [3.05, 3.63) is 70.5 Å². The molecule has 5 rings (SSSR count). The Labute approximate surface area is 202 Å². The average molecular weight is 529 g/mol. The van der Waals surface area contributed by atoms with E-state index in [1.165, 1.54) is 18.2 Å². The number of hydrogen-bond acceptors (Lipinski definition) is 5. The summed E-state index contributed by atoms with van der Waals surface area (Å²) in [6, 6.07) is 8.77. The number of halogens is 7. The van der Waals surface area contributed by atoms with Crippen LogP contribution in [0.1, 0.15) is 21.7 Å². The van der Waals surface area contributed by atoms with E-state index in [1.54, 1.807) is 0 Å². The van der Waals surface area contributed by atoms with Crippen LogP contribution in [0.4, 0.5) is 32.0 Å². The first kappa shape index (κ1) is 23.7. The number of fused-ring (bicyclic) bond motifs is 2. The Morgan fingerprint density at radius 1 is 0.944 bits per heavy atom. The Morgan fingerprint density at radius 2 is 1.69 bits per heavy atom. The molecule has 2 aromatic heterocycles. The second-order valence-electron chi connectivity index (χ2n) is 7.53. The van der Waals surface area contributed by atoms with Gasteiger partial charge < -0.3 is 14.8 Å². The van der Waals surface area contributed by atoms with Crippen LogP contribution in [0, 0.1) is 0 Å². The molecule has 0 radical (unpaired) electrons. The lowest BCUT2D eigenvalue weighted by Crippen LogP contribution is -2.18. The lowest BCUT2D eigenvalue weighted by atomic mass is 10.1. The number of anilines is 1. The predicted octanol–water partition coefficient (Wildman–Crippen LogP) is 6.07. The summed E-state index contributed by atoms with van der Waals surface area (Å²) < 4.78 is 92.4. The lowest BCUT2D eigenvalue weighted by molar-refractivity contribution is -0.142. The molecular weight excluding hydrogens is 518 g/mol. The molecule has 0 saturated heterocycles. The highest BCUT2D eigenvalue weighted by atomic mass is 35.5. The van der Waals surface area contributed by atoms with Crippen molar-refractivity contribution in [2.45, 2.75) is 12.4 Å². The van der Waals surface area contributed by atoms with Crippen LogP contribution in [0.25, 0.3) is 16.9 Å². The molecule has 186 valence electrons. The van der Waals surface area contributed by atoms with Crippen molar-refractivity contribution >= 4 is 28.8 Å². The van der Waals surface area contributed by atoms with Gasteiger partial charge in [-0.25, -0.2) is 9.50 Å². The fourth-order valence-corrected chi connectivity index (χ4v) is 3.71. The topological polar surface area (TPSA) is 77.8 Å². The van der Waals surface area contributed by atoms with Gasteiger partial charge in [0.1, 0.15) is 0 Å². The fraction of sp³-hybridized carbons (Fsp3) is 0.136. The van der Waals surface area contributed by atoms with Crippen LogP contribution in [0.2, 0.25) is 5.02 Å². The molecule has 0 bridgehead atoms. The Balaban J connectivity index is 1.56. The van der Waals surface area contributed by atoms with E-state index < -0.39 is 40.9 Å². The predicted molar refractivity (Wildman–Crippen MR) is 114 cm³/mol. The number of aromatic nitrogens is 3. The number of amides is 1. The minimum absolute atomic E-state index is 0.0379. The first-order valence-electron chi connectivity index (χ1n) is 9.96. The number of rotatable bonds is 3. The third-order valence-electron chi connectivity index (χ3n) is 5.15. The first-order chi connectivity index (χ1) is 16.9. The van der Waals surface area contributed by atoms with E-state index >= 15 is 0 Å². The molecular formula is C22H11ClF6N4O3. The summed E-state index contributed by atoms with van der Waals surface area (Å²) in [4.78, 5) is 16.8. The molecule has 1 N–H and O–H groups in total. The summed E-state index contributed by atoms with van der Waals surface area (Å²) in [5, 5.41) is 5.45. The highest BCUT2D eigenvalue weighted by Crippen LogP contribution is 2.38. The van der Waals surface area contributed by atoms with Crippen LogP contribution in [0.3, 0.4) is 0 Å². The van der Waals surface area contributed by atoms with Crippen molar-refractivity contribution in [1.82, 2.24) is 14.6 Å². The first-order valence-corrected chi connectivity index (χ1v) is 10.3. The number of hydrogen-bond donors (Lipinski definition) is 1. The molecule has 7 nitrogen and oxygen atoms in total. The third kappa shape index (κ3) is 4.37. The molecule has 4 aromatic rings. The lowest BCUT2D eigenvalue weighted by Gasteiger charge is -2.13. The van der Waals surface area contributed by atoms with Crippen molar-refractivity contribution in [3.8, 4) is 22.8 Å². The van der Waals surface area contributed by atoms with Crippen LogP contribution >= 0.6 is 11.6 Å². The maximum absolute atomic E-state index is 13.8. The van der Waals surface area contributed by atoms with E-state index in [0.29, 0.717) is 22.1 Å². The Morgan fingerprint density at radius 3 is 2.42 bits per heavy atom. The summed E-state index contributed by atoms with van der Waals surface area (Å²) >= 11 is 5.63. The van der Waals surface area contributed by atoms with Gasteiger partial charge in [-0.05, 0) is 42.5 Å². The number of carbonyl (C=O) groups is 1. The zero-order valence-electron chi connectivity index (χ0n) is 17.5. The highest BCUT2D eigenvalue weighted by Gasteiger charge is 2.37. The van der Waals surface area contributed by atoms with E-state index in [1.807, 2.05) is 5.32 Å². The SMILES string of the molecule is O=C(Nc1ccc(Cl)cc1C(F)(F)F)c1cc2nc(-c3ccc4c(c3)OCO4)cc(C(F)(F)F)n2n1. The molecule has 14 heteroatoms. The molecule has 1 aliphatic rings. The van der Waals surface area contributed by atoms with Crippen molar-refractivity contribution < 1.29 is 40.6 Å². The summed E-state index contributed by atoms with van der Waals surface area (Å²) in [6.45, 7) is -0.0379. The van der Waals surface area contributed by atoms with Gasteiger partial charge >= 0.3 is 12.4 Å². The number of ether oxygens (including phenoxy) is 2. The van der Waals surface area contributed by atoms with Gasteiger partial charge in [-0.1, -0.05) is 11.6 Å². The second-order valence-corrected chi connectivity index (χ2v) is 7.97. The van der Waals surface area contributed by atoms with Crippen molar-refractivity contribution in [2.75, 3.05) is 12.1 Å². The molecule has 0 atom stereocenters. The number of nitrogens with one attached hydrogen (secondary N) is 1. The van der Waals surface area contributed by atoms with Crippen LogP contribution in [0.15, 0.2) is 48.5 Å². The maximum Gasteiger partial charge on any atom is 0.433 e. The van der Waals surface area contributed by atoms with Gasteiger partial charge in [-0.3, -0.25) is 4.79 Å². The number of alkyl halides is 6. The molecule has 0 spiro atoms. The molecule has 0 fully saturated rings. The van der Waals surface area contributed by atoms with Crippen molar-refractivity contribution in [2.24, 2.45) is 0 Å². The van der Waals surface area contributed by atoms with E-state index in [0.717, 1.165) is 24.3 Å². The molecule has 36 heavy (non-hydrogen) atoms. The van der Waals surface area contributed by atoms with Gasteiger partial charge in [-0.15, -0.1) is 0 Å². The molecule has 3 heterocycles. The van der Waals surface area contributed by atoms with Crippen molar-refractivity contribution in [3.63, 3.8) is 0 Å². The van der Waals surface area contributed by atoms with Gasteiger partial charge in [0.15, 0.2) is 28.5 Å². The standard InChI is InChI=1S/C22H11ClF6N4O3/c23-11-2-3-13(12(6-11)21(24,25)26)31-20(34)15-8-19-30-14(7-18(22(27,28)29)33(19)32-15)10-1-4-16-17(5-10)36-9-35-16/h1-8H,9H2,(H,31,34). The largest absolute Gasteiger partial charge is 0.454 e. The van der Waals surface area contributed by atoms with Gasteiger partial charge in [0, 0.05) is 16.7 Å². The highest BCUT2D eigenvalue weighted by molar-refractivity contribution is 6.30. The maximum atomic E-state index is 13.8. The summed E-state index contributed by atoms with van der Waals surface area (Å²) in [5.41, 5.74) is -3.88. The number of benzene rings is 2. The zero-order chi connectivity index (χ0) is 25.8. The van der Waals surface area contributed by atoms with Gasteiger partial charge in [0.2, 0.25) is 6.79 Å². The van der Waals surface area contributed by atoms with E-state index in [9.17, 15) is 31.1 Å². The van der Waals surface area contributed by atoms with E-state index in [2.05, 4.69) is 10.1 Å². The molecule has 2 aromatic carbocycles. The van der Waals surface area contributed by atoms with Crippen molar-refractivity contribution in [1.29, 1.82) is 0 Å². The molecule has 1 aliphatic heterocycles. The van der Waals surface area contributed by atoms with Crippen LogP contribution < -0.4 is 14.8 Å². The third-order valence-corrected chi connectivity index (χ3v) is 5.39. The molecule has 0 saturated carbocycles. The van der Waals surface area contributed by atoms with Crippen LogP contribution in [-0.2, 0) is 12.4 Å². The quantitative estimate of drug-likeness (QED) is 0.327. The van der Waals surface area contributed by atoms with E-state index in [-0.39, 0.29) is 28.7 Å². The van der Waals surface area contributed by atoms with Gasteiger partial charge in [-0.2, -0.15) is 31.4 Å². The Hall–Kier alpha value is -4.00. The Kier molecular flexibility index (Phi) is 5.47. The minimum Gasteiger partial charge on any atom is -0.454 e.